The Morgan fingerprint density at radius 2 is 2.40 bits per heavy atom. The fourth-order valence-corrected chi connectivity index (χ4v) is 2.72. The average molecular weight is 210 g/mol. The Labute approximate surface area is 92.2 Å². The Hall–Kier alpha value is -0.570. The number of amides is 1. The van der Waals surface area contributed by atoms with Crippen LogP contribution in [0, 0.1) is 5.92 Å². The molecule has 0 radical (unpaired) electrons. The van der Waals surface area contributed by atoms with E-state index in [2.05, 4.69) is 12.2 Å². The van der Waals surface area contributed by atoms with Crippen LogP contribution in [0.1, 0.15) is 39.0 Å². The molecule has 0 bridgehead atoms. The Morgan fingerprint density at radius 3 is 3.00 bits per heavy atom. The number of carbonyl (C=O) groups is 1. The van der Waals surface area contributed by atoms with Crippen molar-refractivity contribution < 1.29 is 4.79 Å². The van der Waals surface area contributed by atoms with Crippen LogP contribution >= 0.6 is 0 Å². The predicted molar refractivity (Wildman–Crippen MR) is 60.6 cm³/mol. The average Bonchev–Trinajstić information content (AvgIpc) is 2.77. The molecule has 86 valence electrons. The van der Waals surface area contributed by atoms with Crippen molar-refractivity contribution in [1.82, 2.24) is 10.2 Å². The van der Waals surface area contributed by atoms with Crippen LogP contribution in [0.15, 0.2) is 0 Å². The topological polar surface area (TPSA) is 32.3 Å². The molecule has 2 rings (SSSR count). The minimum absolute atomic E-state index is 0.363. The summed E-state index contributed by atoms with van der Waals surface area (Å²) < 4.78 is 0. The van der Waals surface area contributed by atoms with Crippen LogP contribution in [0.2, 0.25) is 0 Å². The van der Waals surface area contributed by atoms with E-state index in [0.717, 1.165) is 32.0 Å². The van der Waals surface area contributed by atoms with E-state index in [1.165, 1.54) is 25.8 Å². The Bertz CT molecular complexity index is 224. The number of likely N-dealkylation sites (tertiary alicyclic amines) is 1. The van der Waals surface area contributed by atoms with Crippen molar-refractivity contribution in [3.8, 4) is 0 Å². The first kappa shape index (κ1) is 10.9. The quantitative estimate of drug-likeness (QED) is 0.760. The highest BCUT2D eigenvalue weighted by molar-refractivity contribution is 5.78. The van der Waals surface area contributed by atoms with Crippen LogP contribution in [-0.2, 0) is 4.79 Å². The molecule has 0 saturated carbocycles. The van der Waals surface area contributed by atoms with E-state index < -0.39 is 0 Å². The highest BCUT2D eigenvalue weighted by Gasteiger charge is 2.25. The van der Waals surface area contributed by atoms with Crippen molar-refractivity contribution in [3.05, 3.63) is 0 Å². The third kappa shape index (κ3) is 2.94. The van der Waals surface area contributed by atoms with E-state index in [4.69, 9.17) is 0 Å². The van der Waals surface area contributed by atoms with Gasteiger partial charge in [0.1, 0.15) is 0 Å². The largest absolute Gasteiger partial charge is 0.342 e. The fraction of sp³-hybridized carbons (Fsp3) is 0.917. The lowest BCUT2D eigenvalue weighted by atomic mass is 10.1. The van der Waals surface area contributed by atoms with Crippen molar-refractivity contribution in [2.24, 2.45) is 5.92 Å². The Morgan fingerprint density at radius 1 is 1.53 bits per heavy atom. The molecule has 2 fully saturated rings. The van der Waals surface area contributed by atoms with Crippen LogP contribution < -0.4 is 5.32 Å². The lowest BCUT2D eigenvalue weighted by molar-refractivity contribution is -0.127. The maximum absolute atomic E-state index is 11.5. The van der Waals surface area contributed by atoms with Gasteiger partial charge in [0.05, 0.1) is 0 Å². The minimum Gasteiger partial charge on any atom is -0.342 e. The van der Waals surface area contributed by atoms with Gasteiger partial charge in [-0.25, -0.2) is 0 Å². The summed E-state index contributed by atoms with van der Waals surface area (Å²) >= 11 is 0. The first-order valence-corrected chi connectivity index (χ1v) is 6.27. The van der Waals surface area contributed by atoms with Crippen LogP contribution in [0.25, 0.3) is 0 Å². The second-order valence-electron chi connectivity index (χ2n) is 5.08. The third-order valence-electron chi connectivity index (χ3n) is 3.55. The summed E-state index contributed by atoms with van der Waals surface area (Å²) in [6.45, 7) is 5.30. The zero-order chi connectivity index (χ0) is 10.7. The van der Waals surface area contributed by atoms with Gasteiger partial charge >= 0.3 is 0 Å². The van der Waals surface area contributed by atoms with Gasteiger partial charge in [-0.15, -0.1) is 0 Å². The van der Waals surface area contributed by atoms with E-state index in [1.807, 2.05) is 4.90 Å². The van der Waals surface area contributed by atoms with Gasteiger partial charge < -0.3 is 10.2 Å². The molecule has 0 spiro atoms. The van der Waals surface area contributed by atoms with Gasteiger partial charge in [-0.3, -0.25) is 4.79 Å². The summed E-state index contributed by atoms with van der Waals surface area (Å²) in [4.78, 5) is 13.6. The summed E-state index contributed by atoms with van der Waals surface area (Å²) in [5.41, 5.74) is 0. The number of rotatable bonds is 4. The SMILES string of the molecule is CC1CC(=O)N(CCCC2CCCN2)C1. The number of carbonyl (C=O) groups excluding carboxylic acids is 1. The summed E-state index contributed by atoms with van der Waals surface area (Å²) in [6, 6.07) is 0.722. The fourth-order valence-electron chi connectivity index (χ4n) is 2.72. The number of nitrogens with zero attached hydrogens (tertiary/aromatic N) is 1. The maximum Gasteiger partial charge on any atom is 0.222 e. The standard InChI is InChI=1S/C12H22N2O/c1-10-8-12(15)14(9-10)7-3-5-11-4-2-6-13-11/h10-11,13H,2-9H2,1H3. The summed E-state index contributed by atoms with van der Waals surface area (Å²) in [7, 11) is 0. The molecule has 0 aromatic heterocycles. The van der Waals surface area contributed by atoms with Gasteiger partial charge in [-0.05, 0) is 38.1 Å². The third-order valence-corrected chi connectivity index (χ3v) is 3.55. The molecule has 2 aliphatic heterocycles. The van der Waals surface area contributed by atoms with Crippen LogP contribution in [0.5, 0.6) is 0 Å². The summed E-state index contributed by atoms with van der Waals surface area (Å²) in [6.07, 6.45) is 5.81. The van der Waals surface area contributed by atoms with E-state index >= 15 is 0 Å². The molecule has 1 amide bonds. The van der Waals surface area contributed by atoms with Gasteiger partial charge in [0.25, 0.3) is 0 Å². The molecule has 1 N–H and O–H groups in total. The summed E-state index contributed by atoms with van der Waals surface area (Å²) in [5, 5.41) is 3.50. The molecular weight excluding hydrogens is 188 g/mol. The van der Waals surface area contributed by atoms with Crippen molar-refractivity contribution >= 4 is 5.91 Å². The summed E-state index contributed by atoms with van der Waals surface area (Å²) in [5.74, 6) is 0.934. The normalized spacial score (nSPS) is 31.5. The minimum atomic E-state index is 0.363. The molecule has 0 aliphatic carbocycles. The molecule has 2 atom stereocenters. The van der Waals surface area contributed by atoms with Gasteiger partial charge in [0.15, 0.2) is 0 Å². The van der Waals surface area contributed by atoms with Crippen LogP contribution in [0.4, 0.5) is 0 Å². The van der Waals surface area contributed by atoms with E-state index in [-0.39, 0.29) is 0 Å². The smallest absolute Gasteiger partial charge is 0.222 e. The molecule has 2 unspecified atom stereocenters. The molecule has 2 aliphatic rings. The predicted octanol–water partition coefficient (Wildman–Crippen LogP) is 1.39. The van der Waals surface area contributed by atoms with Gasteiger partial charge in [-0.1, -0.05) is 6.92 Å². The van der Waals surface area contributed by atoms with Crippen LogP contribution in [0.3, 0.4) is 0 Å². The Balaban J connectivity index is 1.63. The van der Waals surface area contributed by atoms with E-state index in [9.17, 15) is 4.79 Å². The molecule has 15 heavy (non-hydrogen) atoms. The lowest BCUT2D eigenvalue weighted by Crippen LogP contribution is -2.28. The molecule has 0 aromatic carbocycles. The van der Waals surface area contributed by atoms with Crippen LogP contribution in [-0.4, -0.2) is 36.5 Å². The van der Waals surface area contributed by atoms with Gasteiger partial charge in [0.2, 0.25) is 5.91 Å². The Kier molecular flexibility index (Phi) is 3.62. The van der Waals surface area contributed by atoms with Crippen molar-refractivity contribution in [3.63, 3.8) is 0 Å². The number of hydrogen-bond acceptors (Lipinski definition) is 2. The van der Waals surface area contributed by atoms with Gasteiger partial charge in [-0.2, -0.15) is 0 Å². The van der Waals surface area contributed by atoms with Crippen molar-refractivity contribution in [2.75, 3.05) is 19.6 Å². The van der Waals surface area contributed by atoms with Crippen molar-refractivity contribution in [2.45, 2.75) is 45.1 Å². The van der Waals surface area contributed by atoms with Gasteiger partial charge in [0, 0.05) is 25.6 Å². The zero-order valence-corrected chi connectivity index (χ0v) is 9.67. The number of hydrogen-bond donors (Lipinski definition) is 1. The second-order valence-corrected chi connectivity index (χ2v) is 5.08. The monoisotopic (exact) mass is 210 g/mol. The lowest BCUT2D eigenvalue weighted by Gasteiger charge is -2.17. The highest BCUT2D eigenvalue weighted by atomic mass is 16.2. The molecule has 2 saturated heterocycles. The van der Waals surface area contributed by atoms with E-state index in [0.29, 0.717) is 11.8 Å². The van der Waals surface area contributed by atoms with E-state index in [1.54, 1.807) is 0 Å². The number of nitrogens with one attached hydrogen (secondary N) is 1. The second kappa shape index (κ2) is 4.97. The molecule has 3 nitrogen and oxygen atoms in total. The van der Waals surface area contributed by atoms with Crippen molar-refractivity contribution in [1.29, 1.82) is 0 Å². The first-order valence-electron chi connectivity index (χ1n) is 6.27. The molecule has 0 aromatic rings. The highest BCUT2D eigenvalue weighted by Crippen LogP contribution is 2.18. The molecule has 3 heteroatoms. The zero-order valence-electron chi connectivity index (χ0n) is 9.67. The first-order chi connectivity index (χ1) is 7.25. The molecule has 2 heterocycles. The maximum atomic E-state index is 11.5. The molecular formula is C12H22N2O.